The number of likely N-dealkylation sites (tertiary alicyclic amines) is 1. The highest BCUT2D eigenvalue weighted by atomic mass is 16.5. The van der Waals surface area contributed by atoms with Gasteiger partial charge in [-0.3, -0.25) is 4.79 Å². The first kappa shape index (κ1) is 13.8. The van der Waals surface area contributed by atoms with E-state index >= 15 is 0 Å². The fraction of sp³-hybridized carbons (Fsp3) is 0.929. The fourth-order valence-electron chi connectivity index (χ4n) is 3.00. The first-order valence-electron chi connectivity index (χ1n) is 7.19. The van der Waals surface area contributed by atoms with Crippen molar-refractivity contribution in [2.24, 2.45) is 5.41 Å². The van der Waals surface area contributed by atoms with Gasteiger partial charge in [-0.15, -0.1) is 0 Å². The molecule has 1 N–H and O–H groups in total. The molecule has 0 aromatic carbocycles. The van der Waals surface area contributed by atoms with E-state index in [4.69, 9.17) is 4.74 Å². The highest BCUT2D eigenvalue weighted by Gasteiger charge is 2.37. The van der Waals surface area contributed by atoms with Gasteiger partial charge < -0.3 is 15.0 Å². The molecule has 0 aromatic rings. The molecular formula is C14H26N2O2. The molecule has 0 spiro atoms. The monoisotopic (exact) mass is 254 g/mol. The molecule has 2 fully saturated rings. The van der Waals surface area contributed by atoms with Crippen molar-refractivity contribution in [3.05, 3.63) is 0 Å². The van der Waals surface area contributed by atoms with Crippen molar-refractivity contribution in [2.75, 3.05) is 26.2 Å². The Balaban J connectivity index is 1.99. The number of ether oxygens (including phenoxy) is 1. The van der Waals surface area contributed by atoms with Gasteiger partial charge in [-0.05, 0) is 31.6 Å². The Hall–Kier alpha value is -0.610. The summed E-state index contributed by atoms with van der Waals surface area (Å²) in [6.07, 6.45) is 3.48. The van der Waals surface area contributed by atoms with Crippen LogP contribution in [0.25, 0.3) is 0 Å². The van der Waals surface area contributed by atoms with E-state index in [1.54, 1.807) is 0 Å². The molecule has 2 aliphatic heterocycles. The predicted molar refractivity (Wildman–Crippen MR) is 71.4 cm³/mol. The minimum Gasteiger partial charge on any atom is -0.375 e. The van der Waals surface area contributed by atoms with E-state index in [1.807, 2.05) is 11.8 Å². The number of hydrogen-bond donors (Lipinski definition) is 1. The first-order valence-corrected chi connectivity index (χ1v) is 7.19. The van der Waals surface area contributed by atoms with Crippen LogP contribution in [0.5, 0.6) is 0 Å². The molecule has 0 saturated carbocycles. The zero-order valence-electron chi connectivity index (χ0n) is 11.9. The van der Waals surface area contributed by atoms with E-state index in [-0.39, 0.29) is 18.1 Å². The zero-order valence-corrected chi connectivity index (χ0v) is 11.9. The highest BCUT2D eigenvalue weighted by molar-refractivity contribution is 5.82. The molecule has 1 unspecified atom stereocenters. The van der Waals surface area contributed by atoms with Crippen LogP contribution < -0.4 is 5.32 Å². The molecule has 2 rings (SSSR count). The highest BCUT2D eigenvalue weighted by Crippen LogP contribution is 2.32. The summed E-state index contributed by atoms with van der Waals surface area (Å²) in [7, 11) is 0. The summed E-state index contributed by atoms with van der Waals surface area (Å²) in [5, 5.41) is 3.30. The van der Waals surface area contributed by atoms with E-state index in [0.29, 0.717) is 12.0 Å². The van der Waals surface area contributed by atoms with Gasteiger partial charge in [0.25, 0.3) is 0 Å². The molecule has 0 radical (unpaired) electrons. The number of nitrogens with one attached hydrogen (secondary N) is 1. The maximum Gasteiger partial charge on any atom is 0.242 e. The van der Waals surface area contributed by atoms with Gasteiger partial charge in [-0.1, -0.05) is 13.8 Å². The molecule has 4 heteroatoms. The Morgan fingerprint density at radius 3 is 3.00 bits per heavy atom. The van der Waals surface area contributed by atoms with Crippen molar-refractivity contribution in [3.8, 4) is 0 Å². The summed E-state index contributed by atoms with van der Waals surface area (Å²) in [5.41, 5.74) is 0.298. The number of piperidine rings is 1. The third kappa shape index (κ3) is 2.86. The smallest absolute Gasteiger partial charge is 0.242 e. The van der Waals surface area contributed by atoms with Crippen molar-refractivity contribution in [2.45, 2.75) is 52.2 Å². The topological polar surface area (TPSA) is 41.6 Å². The molecule has 18 heavy (non-hydrogen) atoms. The fourth-order valence-corrected chi connectivity index (χ4v) is 3.00. The van der Waals surface area contributed by atoms with Crippen molar-refractivity contribution in [1.29, 1.82) is 0 Å². The second kappa shape index (κ2) is 5.57. The lowest BCUT2D eigenvalue weighted by Gasteiger charge is -2.42. The Bertz CT molecular complexity index is 308. The molecule has 104 valence electrons. The van der Waals surface area contributed by atoms with Gasteiger partial charge in [0.05, 0.1) is 12.7 Å². The van der Waals surface area contributed by atoms with Crippen LogP contribution in [0, 0.1) is 5.41 Å². The summed E-state index contributed by atoms with van der Waals surface area (Å²) in [6, 6.07) is -0.155. The van der Waals surface area contributed by atoms with Crippen molar-refractivity contribution < 1.29 is 9.53 Å². The minimum atomic E-state index is -0.155. The van der Waals surface area contributed by atoms with Gasteiger partial charge in [0.1, 0.15) is 6.04 Å². The summed E-state index contributed by atoms with van der Waals surface area (Å²) < 4.78 is 5.57. The molecular weight excluding hydrogens is 228 g/mol. The van der Waals surface area contributed by atoms with E-state index in [9.17, 15) is 4.79 Å². The Morgan fingerprint density at radius 1 is 1.56 bits per heavy atom. The van der Waals surface area contributed by atoms with Crippen molar-refractivity contribution in [1.82, 2.24) is 10.2 Å². The third-order valence-electron chi connectivity index (χ3n) is 4.53. The maximum atomic E-state index is 12.6. The SMILES string of the molecule is CCC1(C)CCCN(C(=O)[C@H]2NCCO[C@@H]2C)C1. The third-order valence-corrected chi connectivity index (χ3v) is 4.53. The second-order valence-electron chi connectivity index (χ2n) is 6.04. The Morgan fingerprint density at radius 2 is 2.33 bits per heavy atom. The number of rotatable bonds is 2. The largest absolute Gasteiger partial charge is 0.375 e. The minimum absolute atomic E-state index is 0.0129. The van der Waals surface area contributed by atoms with Gasteiger partial charge in [0.2, 0.25) is 5.91 Å². The van der Waals surface area contributed by atoms with Crippen LogP contribution in [-0.4, -0.2) is 49.2 Å². The lowest BCUT2D eigenvalue weighted by Crippen LogP contribution is -2.58. The van der Waals surface area contributed by atoms with Gasteiger partial charge in [-0.2, -0.15) is 0 Å². The second-order valence-corrected chi connectivity index (χ2v) is 6.04. The van der Waals surface area contributed by atoms with Crippen LogP contribution >= 0.6 is 0 Å². The summed E-state index contributed by atoms with van der Waals surface area (Å²) in [4.78, 5) is 14.6. The van der Waals surface area contributed by atoms with Crippen LogP contribution in [0.2, 0.25) is 0 Å². The Labute approximate surface area is 110 Å². The summed E-state index contributed by atoms with van der Waals surface area (Å²) in [5.74, 6) is 0.224. The van der Waals surface area contributed by atoms with Gasteiger partial charge >= 0.3 is 0 Å². The average Bonchev–Trinajstić information content (AvgIpc) is 2.39. The predicted octanol–water partition coefficient (Wildman–Crippen LogP) is 1.40. The molecule has 2 saturated heterocycles. The maximum absolute atomic E-state index is 12.6. The molecule has 4 nitrogen and oxygen atoms in total. The Kier molecular flexibility index (Phi) is 4.28. The number of carbonyl (C=O) groups is 1. The number of amides is 1. The standard InChI is InChI=1S/C14H26N2O2/c1-4-14(3)6-5-8-16(10-14)13(17)12-11(2)18-9-7-15-12/h11-12,15H,4-10H2,1-3H3/t11-,12+,14?/m1/s1. The van der Waals surface area contributed by atoms with Gasteiger partial charge in [0, 0.05) is 19.6 Å². The van der Waals surface area contributed by atoms with Crippen molar-refractivity contribution >= 4 is 5.91 Å². The molecule has 0 aliphatic carbocycles. The number of carbonyl (C=O) groups excluding carboxylic acids is 1. The van der Waals surface area contributed by atoms with Gasteiger partial charge in [0.15, 0.2) is 0 Å². The van der Waals surface area contributed by atoms with Gasteiger partial charge in [-0.25, -0.2) is 0 Å². The molecule has 2 heterocycles. The zero-order chi connectivity index (χ0) is 13.2. The molecule has 0 aromatic heterocycles. The van der Waals surface area contributed by atoms with Crippen molar-refractivity contribution in [3.63, 3.8) is 0 Å². The van der Waals surface area contributed by atoms with E-state index in [0.717, 1.165) is 32.5 Å². The van der Waals surface area contributed by atoms with Crippen LogP contribution in [0.3, 0.4) is 0 Å². The number of morpholine rings is 1. The van der Waals surface area contributed by atoms with E-state index in [2.05, 4.69) is 19.2 Å². The number of hydrogen-bond acceptors (Lipinski definition) is 3. The summed E-state index contributed by atoms with van der Waals surface area (Å²) >= 11 is 0. The van der Waals surface area contributed by atoms with Crippen LogP contribution in [-0.2, 0) is 9.53 Å². The first-order chi connectivity index (χ1) is 8.56. The van der Waals surface area contributed by atoms with E-state index < -0.39 is 0 Å². The van der Waals surface area contributed by atoms with Crippen LogP contribution in [0.15, 0.2) is 0 Å². The normalized spacial score (nSPS) is 37.6. The quantitative estimate of drug-likeness (QED) is 0.810. The van der Waals surface area contributed by atoms with E-state index in [1.165, 1.54) is 6.42 Å². The molecule has 2 aliphatic rings. The number of nitrogens with zero attached hydrogens (tertiary/aromatic N) is 1. The van der Waals surface area contributed by atoms with Crippen LogP contribution in [0.1, 0.15) is 40.0 Å². The molecule has 0 bridgehead atoms. The lowest BCUT2D eigenvalue weighted by atomic mass is 9.79. The lowest BCUT2D eigenvalue weighted by molar-refractivity contribution is -0.142. The average molecular weight is 254 g/mol. The summed E-state index contributed by atoms with van der Waals surface area (Å²) in [6.45, 7) is 9.78. The van der Waals surface area contributed by atoms with Crippen LogP contribution in [0.4, 0.5) is 0 Å². The molecule has 1 amide bonds. The molecule has 3 atom stereocenters.